The molecular weight excluding hydrogens is 493 g/mol. The van der Waals surface area contributed by atoms with Crippen LogP contribution in [0, 0.1) is 27.6 Å². The van der Waals surface area contributed by atoms with Crippen molar-refractivity contribution in [2.24, 2.45) is 22.2 Å². The van der Waals surface area contributed by atoms with E-state index in [-0.39, 0.29) is 16.2 Å². The summed E-state index contributed by atoms with van der Waals surface area (Å²) in [5.74, 6) is 0.466. The summed E-state index contributed by atoms with van der Waals surface area (Å²) in [5.41, 5.74) is 8.95. The SMILES string of the molecule is CC(C)/C=C\c1cc2c(cc1C(=N)c1cccc(B3CC(C)(C)C(C)(C)C3)c1)C(C)(C)C(C)(C)C2(C)C.CCCC. The summed E-state index contributed by atoms with van der Waals surface area (Å²) in [6, 6.07) is 13.7. The molecule has 1 nitrogen and oxygen atoms in total. The average Bonchev–Trinajstić information content (AvgIpc) is 3.17. The zero-order chi connectivity index (χ0) is 31.2. The predicted molar refractivity (Wildman–Crippen MR) is 186 cm³/mol. The zero-order valence-corrected chi connectivity index (χ0v) is 29.1. The molecule has 0 bridgehead atoms. The molecule has 2 aromatic carbocycles. The van der Waals surface area contributed by atoms with Crippen molar-refractivity contribution < 1.29 is 0 Å². The van der Waals surface area contributed by atoms with E-state index in [0.717, 1.165) is 11.1 Å². The molecule has 1 N–H and O–H groups in total. The van der Waals surface area contributed by atoms with E-state index in [1.165, 1.54) is 47.6 Å². The van der Waals surface area contributed by atoms with Gasteiger partial charge in [0.1, 0.15) is 0 Å². The van der Waals surface area contributed by atoms with Gasteiger partial charge < -0.3 is 0 Å². The Morgan fingerprint density at radius 2 is 1.32 bits per heavy atom. The van der Waals surface area contributed by atoms with E-state index < -0.39 is 0 Å². The minimum atomic E-state index is 0.0179. The third-order valence-corrected chi connectivity index (χ3v) is 12.1. The zero-order valence-electron chi connectivity index (χ0n) is 29.1. The first kappa shape index (κ1) is 33.4. The highest BCUT2D eigenvalue weighted by molar-refractivity contribution is 6.74. The number of rotatable bonds is 6. The highest BCUT2D eigenvalue weighted by atomic mass is 14.6. The van der Waals surface area contributed by atoms with Crippen LogP contribution in [0.15, 0.2) is 42.5 Å². The van der Waals surface area contributed by atoms with Crippen LogP contribution >= 0.6 is 0 Å². The maximum absolute atomic E-state index is 9.48. The Hall–Kier alpha value is -2.09. The molecule has 1 aliphatic carbocycles. The summed E-state index contributed by atoms with van der Waals surface area (Å²) in [6.45, 7) is 33.4. The fraction of sp³-hybridized carbons (Fsp3) is 0.615. The van der Waals surface area contributed by atoms with Crippen LogP contribution in [-0.2, 0) is 10.8 Å². The summed E-state index contributed by atoms with van der Waals surface area (Å²) < 4.78 is 0. The van der Waals surface area contributed by atoms with E-state index >= 15 is 0 Å². The van der Waals surface area contributed by atoms with Gasteiger partial charge in [-0.25, -0.2) is 0 Å². The molecule has 0 atom stereocenters. The summed E-state index contributed by atoms with van der Waals surface area (Å²) in [5, 5.41) is 9.48. The van der Waals surface area contributed by atoms with Crippen LogP contribution in [0.1, 0.15) is 138 Å². The molecule has 1 fully saturated rings. The van der Waals surface area contributed by atoms with Gasteiger partial charge in [0.25, 0.3) is 0 Å². The first-order chi connectivity index (χ1) is 18.7. The van der Waals surface area contributed by atoms with Crippen LogP contribution in [0.4, 0.5) is 0 Å². The maximum atomic E-state index is 9.48. The molecule has 1 aliphatic heterocycles. The Morgan fingerprint density at radius 1 is 0.805 bits per heavy atom. The first-order valence-electron chi connectivity index (χ1n) is 16.3. The number of hydrogen-bond acceptors (Lipinski definition) is 1. The number of unbranched alkanes of at least 4 members (excludes halogenated alkanes) is 1. The molecule has 0 amide bonds. The van der Waals surface area contributed by atoms with E-state index in [2.05, 4.69) is 145 Å². The van der Waals surface area contributed by atoms with Crippen molar-refractivity contribution >= 4 is 24.0 Å². The van der Waals surface area contributed by atoms with Crippen molar-refractivity contribution in [3.8, 4) is 0 Å². The van der Waals surface area contributed by atoms with Gasteiger partial charge in [-0.15, -0.1) is 0 Å². The maximum Gasteiger partial charge on any atom is 0.176 e. The molecule has 0 unspecified atom stereocenters. The van der Waals surface area contributed by atoms with Crippen molar-refractivity contribution in [2.75, 3.05) is 0 Å². The lowest BCUT2D eigenvalue weighted by Crippen LogP contribution is -2.42. The molecule has 2 heteroatoms. The first-order valence-corrected chi connectivity index (χ1v) is 16.3. The minimum absolute atomic E-state index is 0.0179. The molecular formula is C39H60BN. The van der Waals surface area contributed by atoms with E-state index in [1.807, 2.05) is 0 Å². The third-order valence-electron chi connectivity index (χ3n) is 12.1. The van der Waals surface area contributed by atoms with E-state index in [4.69, 9.17) is 0 Å². The predicted octanol–water partition coefficient (Wildman–Crippen LogP) is 10.9. The fourth-order valence-electron chi connectivity index (χ4n) is 6.95. The van der Waals surface area contributed by atoms with Crippen LogP contribution in [0.3, 0.4) is 0 Å². The van der Waals surface area contributed by atoms with Crippen LogP contribution in [0.25, 0.3) is 6.08 Å². The van der Waals surface area contributed by atoms with Gasteiger partial charge in [-0.2, -0.15) is 0 Å². The highest BCUT2D eigenvalue weighted by Crippen LogP contribution is 2.62. The fourth-order valence-corrected chi connectivity index (χ4v) is 6.95. The van der Waals surface area contributed by atoms with Gasteiger partial charge in [0.15, 0.2) is 6.71 Å². The van der Waals surface area contributed by atoms with Gasteiger partial charge in [0.05, 0.1) is 5.71 Å². The van der Waals surface area contributed by atoms with Crippen molar-refractivity contribution in [1.82, 2.24) is 0 Å². The summed E-state index contributed by atoms with van der Waals surface area (Å²) >= 11 is 0. The smallest absolute Gasteiger partial charge is 0.176 e. The van der Waals surface area contributed by atoms with Gasteiger partial charge in [-0.1, -0.05) is 170 Å². The lowest BCUT2D eigenvalue weighted by molar-refractivity contribution is 0.125. The monoisotopic (exact) mass is 553 g/mol. The Labute approximate surface area is 254 Å². The Kier molecular flexibility index (Phi) is 9.40. The van der Waals surface area contributed by atoms with Gasteiger partial charge in [-0.05, 0) is 61.3 Å². The number of hydrogen-bond donors (Lipinski definition) is 1. The van der Waals surface area contributed by atoms with Crippen LogP contribution in [0.5, 0.6) is 0 Å². The lowest BCUT2D eigenvalue weighted by Gasteiger charge is -2.44. The molecule has 0 aromatic heterocycles. The third kappa shape index (κ3) is 5.92. The van der Waals surface area contributed by atoms with E-state index in [0.29, 0.717) is 29.2 Å². The highest BCUT2D eigenvalue weighted by Gasteiger charge is 2.57. The number of fused-ring (bicyclic) bond motifs is 1. The molecule has 0 radical (unpaired) electrons. The second-order valence-electron chi connectivity index (χ2n) is 16.3. The molecule has 4 rings (SSSR count). The number of benzene rings is 2. The van der Waals surface area contributed by atoms with Crippen LogP contribution in [0.2, 0.25) is 12.6 Å². The molecule has 1 saturated heterocycles. The number of nitrogens with one attached hydrogen (secondary N) is 1. The van der Waals surface area contributed by atoms with Gasteiger partial charge >= 0.3 is 0 Å². The van der Waals surface area contributed by atoms with Crippen LogP contribution < -0.4 is 5.46 Å². The summed E-state index contributed by atoms with van der Waals surface area (Å²) in [7, 11) is 0. The van der Waals surface area contributed by atoms with Crippen molar-refractivity contribution in [3.05, 3.63) is 70.3 Å². The summed E-state index contributed by atoms with van der Waals surface area (Å²) in [4.78, 5) is 0. The second-order valence-corrected chi connectivity index (χ2v) is 16.3. The second kappa shape index (κ2) is 11.5. The van der Waals surface area contributed by atoms with Crippen molar-refractivity contribution in [1.29, 1.82) is 5.41 Å². The van der Waals surface area contributed by atoms with Crippen molar-refractivity contribution in [3.63, 3.8) is 0 Å². The molecule has 2 aliphatic rings. The largest absolute Gasteiger partial charge is 0.300 e. The van der Waals surface area contributed by atoms with Crippen molar-refractivity contribution in [2.45, 2.75) is 133 Å². The lowest BCUT2D eigenvalue weighted by atomic mass is 9.42. The van der Waals surface area contributed by atoms with E-state index in [9.17, 15) is 5.41 Å². The summed E-state index contributed by atoms with van der Waals surface area (Å²) in [6.07, 6.45) is 9.58. The normalized spacial score (nSPS) is 21.1. The van der Waals surface area contributed by atoms with Gasteiger partial charge in [-0.3, -0.25) is 5.41 Å². The molecule has 1 heterocycles. The average molecular weight is 554 g/mol. The topological polar surface area (TPSA) is 23.9 Å². The Bertz CT molecular complexity index is 1270. The van der Waals surface area contributed by atoms with Gasteiger partial charge in [0, 0.05) is 5.56 Å². The minimum Gasteiger partial charge on any atom is -0.300 e. The molecule has 41 heavy (non-hydrogen) atoms. The number of allylic oxidation sites excluding steroid dienone is 1. The molecule has 0 saturated carbocycles. The van der Waals surface area contributed by atoms with E-state index in [1.54, 1.807) is 0 Å². The quantitative estimate of drug-likeness (QED) is 0.272. The van der Waals surface area contributed by atoms with Gasteiger partial charge in [0.2, 0.25) is 0 Å². The standard InChI is InChI=1S/C35H50BN.C4H10/c1-23(2)16-17-24-19-28-29(34(9,10)35(11,12)33(28,7)8)20-27(24)30(37)25-14-13-15-26(18-25)36-21-31(3,4)32(5,6)22-36;1-3-4-2/h13-20,23,37H,21-22H2,1-12H3;3-4H2,1-2H3/b17-16-,37-30?;. The Morgan fingerprint density at radius 3 is 1.80 bits per heavy atom. The molecule has 0 spiro atoms. The molecule has 224 valence electrons. The Balaban J connectivity index is 0.00000108. The van der Waals surface area contributed by atoms with Crippen LogP contribution in [-0.4, -0.2) is 12.4 Å². The molecule has 2 aromatic rings.